The first-order chi connectivity index (χ1) is 13.0. The standard InChI is InChI=1S/C19H21FN4.C3H8/c1-4-19-22-10-17(11-23-19)24-13(3)21-9-15-7-14-5-6-16(20)8-18(14)12(15)2;1-3-2/h5-6,8,10-11,21,24H,3-4,7,9H2,1-2H3;3H2,1-2H3. The summed E-state index contributed by atoms with van der Waals surface area (Å²) in [7, 11) is 0. The molecule has 1 aliphatic carbocycles. The minimum Gasteiger partial charge on any atom is -0.368 e. The van der Waals surface area contributed by atoms with Crippen molar-refractivity contribution in [2.45, 2.75) is 47.0 Å². The van der Waals surface area contributed by atoms with Crippen molar-refractivity contribution < 1.29 is 4.39 Å². The first-order valence-corrected chi connectivity index (χ1v) is 9.46. The first-order valence-electron chi connectivity index (χ1n) is 9.46. The van der Waals surface area contributed by atoms with Gasteiger partial charge >= 0.3 is 0 Å². The molecule has 0 saturated heterocycles. The highest BCUT2D eigenvalue weighted by molar-refractivity contribution is 5.75. The summed E-state index contributed by atoms with van der Waals surface area (Å²) in [5.74, 6) is 1.31. The van der Waals surface area contributed by atoms with Crippen molar-refractivity contribution in [2.75, 3.05) is 11.9 Å². The number of fused-ring (bicyclic) bond motifs is 1. The van der Waals surface area contributed by atoms with Crippen LogP contribution in [0, 0.1) is 5.82 Å². The Balaban J connectivity index is 0.000000817. The average molecular weight is 369 g/mol. The molecule has 1 aromatic carbocycles. The average Bonchev–Trinajstić information content (AvgIpc) is 2.97. The Bertz CT molecular complexity index is 810. The van der Waals surface area contributed by atoms with Crippen molar-refractivity contribution in [3.05, 3.63) is 71.3 Å². The zero-order valence-electron chi connectivity index (χ0n) is 16.7. The van der Waals surface area contributed by atoms with E-state index >= 15 is 0 Å². The van der Waals surface area contributed by atoms with Crippen LogP contribution >= 0.6 is 0 Å². The SMILES string of the molecule is C=C(NCC1=C(C)c2cc(F)ccc2C1)Nc1cnc(CC)nc1.CCC. The molecule has 0 unspecified atom stereocenters. The molecule has 0 aliphatic heterocycles. The predicted octanol–water partition coefficient (Wildman–Crippen LogP) is 5.10. The summed E-state index contributed by atoms with van der Waals surface area (Å²) < 4.78 is 13.4. The molecular weight excluding hydrogens is 339 g/mol. The maximum atomic E-state index is 13.4. The normalized spacial score (nSPS) is 12.2. The van der Waals surface area contributed by atoms with Gasteiger partial charge in [-0.05, 0) is 47.8 Å². The van der Waals surface area contributed by atoms with Crippen LogP contribution in [0.1, 0.15) is 51.1 Å². The third-order valence-corrected chi connectivity index (χ3v) is 4.24. The lowest BCUT2D eigenvalue weighted by atomic mass is 10.1. The highest BCUT2D eigenvalue weighted by atomic mass is 19.1. The number of hydrogen-bond donors (Lipinski definition) is 2. The molecule has 0 spiro atoms. The topological polar surface area (TPSA) is 49.8 Å². The van der Waals surface area contributed by atoms with E-state index in [2.05, 4.69) is 41.0 Å². The number of rotatable bonds is 6. The second kappa shape index (κ2) is 9.86. The maximum absolute atomic E-state index is 13.4. The summed E-state index contributed by atoms with van der Waals surface area (Å²) in [5.41, 5.74) is 5.37. The van der Waals surface area contributed by atoms with Gasteiger partial charge in [0.1, 0.15) is 11.6 Å². The van der Waals surface area contributed by atoms with Crippen LogP contribution in [-0.2, 0) is 12.8 Å². The molecule has 5 heteroatoms. The van der Waals surface area contributed by atoms with Gasteiger partial charge in [-0.1, -0.05) is 39.8 Å². The predicted molar refractivity (Wildman–Crippen MR) is 111 cm³/mol. The second-order valence-electron chi connectivity index (χ2n) is 6.61. The van der Waals surface area contributed by atoms with Crippen LogP contribution in [-0.4, -0.2) is 16.5 Å². The summed E-state index contributed by atoms with van der Waals surface area (Å²) in [4.78, 5) is 8.50. The zero-order valence-corrected chi connectivity index (χ0v) is 16.7. The minimum atomic E-state index is -0.191. The number of nitrogens with zero attached hydrogens (tertiary/aromatic N) is 2. The summed E-state index contributed by atoms with van der Waals surface area (Å²) in [5, 5.41) is 6.42. The second-order valence-corrected chi connectivity index (χ2v) is 6.61. The molecule has 0 radical (unpaired) electrons. The van der Waals surface area contributed by atoms with Gasteiger partial charge in [-0.15, -0.1) is 0 Å². The molecule has 0 amide bonds. The first kappa shape index (κ1) is 20.6. The third kappa shape index (κ3) is 5.64. The number of allylic oxidation sites excluding steroid dienone is 1. The lowest BCUT2D eigenvalue weighted by molar-refractivity contribution is 0.627. The van der Waals surface area contributed by atoms with E-state index in [0.29, 0.717) is 12.4 Å². The molecule has 3 rings (SSSR count). The van der Waals surface area contributed by atoms with Crippen LogP contribution in [0.4, 0.5) is 10.1 Å². The van der Waals surface area contributed by atoms with Gasteiger partial charge < -0.3 is 10.6 Å². The zero-order chi connectivity index (χ0) is 19.8. The van der Waals surface area contributed by atoms with Gasteiger partial charge in [-0.2, -0.15) is 0 Å². The lowest BCUT2D eigenvalue weighted by Crippen LogP contribution is -2.21. The van der Waals surface area contributed by atoms with E-state index in [4.69, 9.17) is 0 Å². The Kier molecular flexibility index (Phi) is 7.53. The number of hydrogen-bond acceptors (Lipinski definition) is 4. The molecule has 0 bridgehead atoms. The fourth-order valence-electron chi connectivity index (χ4n) is 2.83. The van der Waals surface area contributed by atoms with Gasteiger partial charge in [0, 0.05) is 13.0 Å². The molecule has 2 aromatic rings. The van der Waals surface area contributed by atoms with E-state index in [1.807, 2.05) is 19.9 Å². The van der Waals surface area contributed by atoms with Gasteiger partial charge in [0.15, 0.2) is 0 Å². The van der Waals surface area contributed by atoms with Crippen molar-refractivity contribution >= 4 is 11.3 Å². The van der Waals surface area contributed by atoms with Crippen molar-refractivity contribution in [1.82, 2.24) is 15.3 Å². The Hall–Kier alpha value is -2.69. The van der Waals surface area contributed by atoms with Gasteiger partial charge in [0.2, 0.25) is 0 Å². The Morgan fingerprint density at radius 3 is 2.48 bits per heavy atom. The number of anilines is 1. The fourth-order valence-corrected chi connectivity index (χ4v) is 2.83. The molecule has 27 heavy (non-hydrogen) atoms. The molecule has 2 N–H and O–H groups in total. The summed E-state index contributed by atoms with van der Waals surface area (Å²) in [6, 6.07) is 4.99. The molecular formula is C22H29FN4. The number of halogens is 1. The lowest BCUT2D eigenvalue weighted by Gasteiger charge is -2.13. The van der Waals surface area contributed by atoms with Crippen LogP contribution in [0.5, 0.6) is 0 Å². The highest BCUT2D eigenvalue weighted by Gasteiger charge is 2.18. The molecule has 1 aliphatic rings. The van der Waals surface area contributed by atoms with Crippen molar-refractivity contribution in [3.8, 4) is 0 Å². The van der Waals surface area contributed by atoms with Crippen LogP contribution < -0.4 is 10.6 Å². The molecule has 0 saturated carbocycles. The molecule has 144 valence electrons. The van der Waals surface area contributed by atoms with E-state index in [0.717, 1.165) is 35.5 Å². The van der Waals surface area contributed by atoms with E-state index in [1.54, 1.807) is 18.5 Å². The van der Waals surface area contributed by atoms with Gasteiger partial charge in [-0.25, -0.2) is 14.4 Å². The minimum absolute atomic E-state index is 0.191. The quantitative estimate of drug-likeness (QED) is 0.745. The molecule has 0 atom stereocenters. The van der Waals surface area contributed by atoms with Crippen LogP contribution in [0.2, 0.25) is 0 Å². The highest BCUT2D eigenvalue weighted by Crippen LogP contribution is 2.32. The van der Waals surface area contributed by atoms with Gasteiger partial charge in [-0.3, -0.25) is 0 Å². The van der Waals surface area contributed by atoms with Crippen LogP contribution in [0.25, 0.3) is 5.57 Å². The molecule has 0 fully saturated rings. The number of nitrogens with one attached hydrogen (secondary N) is 2. The summed E-state index contributed by atoms with van der Waals surface area (Å²) in [6.07, 6.45) is 6.40. The molecule has 4 nitrogen and oxygen atoms in total. The van der Waals surface area contributed by atoms with Gasteiger partial charge in [0.25, 0.3) is 0 Å². The fraction of sp³-hybridized carbons (Fsp3) is 0.364. The number of benzene rings is 1. The van der Waals surface area contributed by atoms with Crippen molar-refractivity contribution in [2.24, 2.45) is 0 Å². The van der Waals surface area contributed by atoms with E-state index in [-0.39, 0.29) is 5.82 Å². The Morgan fingerprint density at radius 1 is 1.19 bits per heavy atom. The smallest absolute Gasteiger partial charge is 0.128 e. The summed E-state index contributed by atoms with van der Waals surface area (Å²) >= 11 is 0. The summed E-state index contributed by atoms with van der Waals surface area (Å²) in [6.45, 7) is 13.0. The van der Waals surface area contributed by atoms with Gasteiger partial charge in [0.05, 0.1) is 23.9 Å². The Morgan fingerprint density at radius 2 is 1.85 bits per heavy atom. The maximum Gasteiger partial charge on any atom is 0.128 e. The van der Waals surface area contributed by atoms with Crippen LogP contribution in [0.15, 0.2) is 48.6 Å². The number of aryl methyl sites for hydroxylation is 1. The largest absolute Gasteiger partial charge is 0.368 e. The number of aromatic nitrogens is 2. The third-order valence-electron chi connectivity index (χ3n) is 4.24. The monoisotopic (exact) mass is 368 g/mol. The van der Waals surface area contributed by atoms with E-state index in [1.165, 1.54) is 23.6 Å². The van der Waals surface area contributed by atoms with Crippen LogP contribution in [0.3, 0.4) is 0 Å². The van der Waals surface area contributed by atoms with E-state index < -0.39 is 0 Å². The van der Waals surface area contributed by atoms with E-state index in [9.17, 15) is 4.39 Å². The van der Waals surface area contributed by atoms with Crippen molar-refractivity contribution in [3.63, 3.8) is 0 Å². The molecule has 1 aromatic heterocycles. The Labute approximate surface area is 161 Å². The van der Waals surface area contributed by atoms with Crippen molar-refractivity contribution in [1.29, 1.82) is 0 Å². The molecule has 1 heterocycles.